The van der Waals surface area contributed by atoms with Crippen molar-refractivity contribution in [3.8, 4) is 0 Å². The molecule has 0 aliphatic rings. The smallest absolute Gasteiger partial charge is 0.489 e. The van der Waals surface area contributed by atoms with Crippen molar-refractivity contribution in [1.82, 2.24) is 0 Å². The molecule has 0 aliphatic carbocycles. The second kappa shape index (κ2) is 14.2. The molecular formula is C37H30AlF3O3Si2. The Morgan fingerprint density at radius 3 is 0.717 bits per heavy atom. The predicted octanol–water partition coefficient (Wildman–Crippen LogP) is 4.88. The molecule has 0 N–H and O–H groups in total. The molecule has 0 heterocycles. The molecule has 0 aliphatic heterocycles. The summed E-state index contributed by atoms with van der Waals surface area (Å²) in [7, 11) is -7.31. The first-order chi connectivity index (χ1) is 22.4. The molecule has 6 aromatic carbocycles. The van der Waals surface area contributed by atoms with Gasteiger partial charge in [-0.15, -0.1) is 13.2 Å². The van der Waals surface area contributed by atoms with Gasteiger partial charge >= 0.3 is 21.5 Å². The fourth-order valence-corrected chi connectivity index (χ4v) is 18.7. The summed E-state index contributed by atoms with van der Waals surface area (Å²) in [6.45, 7) is 0. The number of rotatable bonds is 11. The van der Waals surface area contributed by atoms with Gasteiger partial charge in [-0.3, -0.25) is 0 Å². The van der Waals surface area contributed by atoms with Crippen LogP contribution in [-0.4, -0.2) is 38.1 Å². The Kier molecular flexibility index (Phi) is 9.82. The number of hydrogen-bond donors (Lipinski definition) is 0. The van der Waals surface area contributed by atoms with E-state index in [1.807, 2.05) is 182 Å². The number of alkyl halides is 3. The Hall–Kier alpha value is -4.04. The highest BCUT2D eigenvalue weighted by Gasteiger charge is 2.57. The summed E-state index contributed by atoms with van der Waals surface area (Å²) in [5.74, 6) is 0. The highest BCUT2D eigenvalue weighted by molar-refractivity contribution is 7.11. The van der Waals surface area contributed by atoms with Crippen LogP contribution in [0.4, 0.5) is 13.2 Å². The summed E-state index contributed by atoms with van der Waals surface area (Å²) in [6.07, 6.45) is -5.01. The molecular weight excluding hydrogens is 633 g/mol. The lowest BCUT2D eigenvalue weighted by atomic mass is 10.3. The van der Waals surface area contributed by atoms with Crippen LogP contribution in [0.25, 0.3) is 0 Å². The molecule has 0 saturated heterocycles. The van der Waals surface area contributed by atoms with Crippen LogP contribution in [0.3, 0.4) is 0 Å². The Bertz CT molecular complexity index is 1480. The number of benzene rings is 6. The van der Waals surface area contributed by atoms with Gasteiger partial charge in [0.2, 0.25) is 0 Å². The second-order valence-electron chi connectivity index (χ2n) is 10.6. The van der Waals surface area contributed by atoms with Crippen LogP contribution >= 0.6 is 0 Å². The molecule has 0 amide bonds. The SMILES string of the molecule is FC(F)(F)[O][Al]([O][Si](c1ccccc1)(c1ccccc1)c1ccccc1)[O][Si](c1ccccc1)(c1ccccc1)c1ccccc1. The zero-order valence-corrected chi connectivity index (χ0v) is 27.9. The van der Waals surface area contributed by atoms with Crippen LogP contribution in [0.2, 0.25) is 0 Å². The fraction of sp³-hybridized carbons (Fsp3) is 0.0270. The molecule has 3 nitrogen and oxygen atoms in total. The summed E-state index contributed by atoms with van der Waals surface area (Å²) >= 11 is -4.13. The zero-order valence-electron chi connectivity index (χ0n) is 24.8. The maximum Gasteiger partial charge on any atom is 0.890 e. The van der Waals surface area contributed by atoms with E-state index in [4.69, 9.17) is 10.7 Å². The first-order valence-electron chi connectivity index (χ1n) is 14.9. The van der Waals surface area contributed by atoms with E-state index in [-0.39, 0.29) is 0 Å². The lowest BCUT2D eigenvalue weighted by molar-refractivity contribution is -0.287. The van der Waals surface area contributed by atoms with E-state index in [0.29, 0.717) is 0 Å². The van der Waals surface area contributed by atoms with E-state index in [0.717, 1.165) is 31.1 Å². The minimum atomic E-state index is -5.01. The van der Waals surface area contributed by atoms with Gasteiger partial charge in [0.05, 0.1) is 0 Å². The van der Waals surface area contributed by atoms with Crippen molar-refractivity contribution >= 4 is 62.9 Å². The summed E-state index contributed by atoms with van der Waals surface area (Å²) in [4.78, 5) is 0. The third-order valence-corrected chi connectivity index (χ3v) is 19.6. The summed E-state index contributed by atoms with van der Waals surface area (Å²) in [5.41, 5.74) is 0. The van der Waals surface area contributed by atoms with Crippen molar-refractivity contribution in [2.45, 2.75) is 6.36 Å². The maximum absolute atomic E-state index is 14.6. The van der Waals surface area contributed by atoms with E-state index >= 15 is 0 Å². The molecule has 0 saturated carbocycles. The zero-order chi connectivity index (χ0) is 31.9. The van der Waals surface area contributed by atoms with Crippen LogP contribution in [0, 0.1) is 0 Å². The minimum Gasteiger partial charge on any atom is -0.489 e. The molecule has 0 atom stereocenters. The molecule has 46 heavy (non-hydrogen) atoms. The minimum absolute atomic E-state index is 0.783. The molecule has 0 aromatic heterocycles. The van der Waals surface area contributed by atoms with Crippen molar-refractivity contribution in [2.75, 3.05) is 0 Å². The van der Waals surface area contributed by atoms with Gasteiger partial charge in [0, 0.05) is 0 Å². The lowest BCUT2D eigenvalue weighted by Gasteiger charge is -2.40. The van der Waals surface area contributed by atoms with Crippen molar-refractivity contribution in [3.63, 3.8) is 0 Å². The molecule has 0 fully saturated rings. The van der Waals surface area contributed by atoms with Crippen molar-refractivity contribution < 1.29 is 23.9 Å². The molecule has 0 spiro atoms. The maximum atomic E-state index is 14.6. The molecule has 6 rings (SSSR count). The summed E-state index contributed by atoms with van der Waals surface area (Å²) < 4.78 is 62.8. The number of halogens is 3. The summed E-state index contributed by atoms with van der Waals surface area (Å²) in [5, 5.41) is 4.70. The first-order valence-corrected chi connectivity index (χ1v) is 20.1. The molecule has 0 radical (unpaired) electrons. The summed E-state index contributed by atoms with van der Waals surface area (Å²) in [6, 6.07) is 56.9. The standard InChI is InChI=1S/2C18H15OSi.CF3O.Al/c2*19-20(16-10-4-1-5-11-16,17-12-6-2-7-13-17)18-14-8-3-9-15-18;2-1(3,4)5;/h2*1-15H;;/q3*-1;+3. The van der Waals surface area contributed by atoms with Crippen LogP contribution < -0.4 is 31.1 Å². The Labute approximate surface area is 274 Å². The number of hydrogen-bond acceptors (Lipinski definition) is 3. The van der Waals surface area contributed by atoms with Gasteiger partial charge in [0.15, 0.2) is 0 Å². The molecule has 6 aromatic rings. The Morgan fingerprint density at radius 2 is 0.543 bits per heavy atom. The highest BCUT2D eigenvalue weighted by Crippen LogP contribution is 2.24. The largest absolute Gasteiger partial charge is 0.890 e. The average molecular weight is 663 g/mol. The molecule has 0 unspecified atom stereocenters. The van der Waals surface area contributed by atoms with E-state index in [1.165, 1.54) is 0 Å². The van der Waals surface area contributed by atoms with Gasteiger partial charge in [-0.05, 0) is 31.1 Å². The van der Waals surface area contributed by atoms with E-state index in [1.54, 1.807) is 0 Å². The quantitative estimate of drug-likeness (QED) is 0.146. The van der Waals surface area contributed by atoms with Crippen LogP contribution in [0.5, 0.6) is 0 Å². The van der Waals surface area contributed by atoms with E-state index < -0.39 is 38.1 Å². The Morgan fingerprint density at radius 1 is 0.348 bits per heavy atom. The second-order valence-corrected chi connectivity index (χ2v) is 19.5. The van der Waals surface area contributed by atoms with Crippen molar-refractivity contribution in [1.29, 1.82) is 0 Å². The monoisotopic (exact) mass is 662 g/mol. The molecule has 0 bridgehead atoms. The third kappa shape index (κ3) is 6.72. The van der Waals surface area contributed by atoms with Gasteiger partial charge in [0.1, 0.15) is 0 Å². The normalized spacial score (nSPS) is 12.1. The highest BCUT2D eigenvalue weighted by atomic mass is 28.4. The third-order valence-electron chi connectivity index (χ3n) is 7.86. The lowest BCUT2D eigenvalue weighted by Crippen LogP contribution is -2.75. The first kappa shape index (κ1) is 31.9. The van der Waals surface area contributed by atoms with Gasteiger partial charge in [-0.2, -0.15) is 0 Å². The van der Waals surface area contributed by atoms with Crippen LogP contribution in [0.1, 0.15) is 0 Å². The molecule has 9 heteroatoms. The Balaban J connectivity index is 1.62. The predicted molar refractivity (Wildman–Crippen MR) is 183 cm³/mol. The van der Waals surface area contributed by atoms with E-state index in [9.17, 15) is 13.2 Å². The van der Waals surface area contributed by atoms with Crippen LogP contribution in [0.15, 0.2) is 182 Å². The van der Waals surface area contributed by atoms with Gasteiger partial charge < -0.3 is 10.7 Å². The molecule has 228 valence electrons. The average Bonchev–Trinajstić information content (AvgIpc) is 3.11. The van der Waals surface area contributed by atoms with Crippen LogP contribution in [-0.2, 0) is 10.7 Å². The van der Waals surface area contributed by atoms with Gasteiger partial charge in [0.25, 0.3) is 16.6 Å². The fourth-order valence-electron chi connectivity index (χ4n) is 5.92. The van der Waals surface area contributed by atoms with Crippen molar-refractivity contribution in [3.05, 3.63) is 182 Å². The van der Waals surface area contributed by atoms with E-state index in [2.05, 4.69) is 0 Å². The van der Waals surface area contributed by atoms with Crippen molar-refractivity contribution in [2.24, 2.45) is 0 Å². The topological polar surface area (TPSA) is 27.7 Å². The van der Waals surface area contributed by atoms with Gasteiger partial charge in [-0.25, -0.2) is 0 Å². The van der Waals surface area contributed by atoms with Gasteiger partial charge in [-0.1, -0.05) is 182 Å².